The molecule has 1 fully saturated rings. The van der Waals surface area contributed by atoms with E-state index in [2.05, 4.69) is 55.6 Å². The van der Waals surface area contributed by atoms with E-state index >= 15 is 0 Å². The molecule has 0 saturated carbocycles. The molecule has 83 heavy (non-hydrogen) atoms. The lowest BCUT2D eigenvalue weighted by molar-refractivity contribution is -0.302. The van der Waals surface area contributed by atoms with Crippen molar-refractivity contribution in [3.63, 3.8) is 0 Å². The van der Waals surface area contributed by atoms with Crippen molar-refractivity contribution in [3.8, 4) is 0 Å². The molecule has 1 saturated heterocycles. The standard InChI is InChI=1S/C74H139NO8/c1-3-5-7-9-11-13-15-17-19-21-23-25-27-29-30-31-32-33-34-35-36-37-38-40-42-44-46-48-50-52-54-56-58-60-62-64-70(78)75-67(66-82-74-73(81)72(80)71(79)69(65-76)83-74)68(77)63-61-59-57-55-53-51-49-47-45-43-41-39-28-26-24-22-20-18-16-14-12-10-8-6-4-2/h21,23,45,47,53,55,61,63,67-69,71-74,76-77,79-81H,3-20,22,24-44,46,48-52,54,56-60,62,64-66H2,1-2H3,(H,75,78)/b23-21-,47-45+,55-53+,63-61+. The summed E-state index contributed by atoms with van der Waals surface area (Å²) in [7, 11) is 0. The fraction of sp³-hybridized carbons (Fsp3) is 0.878. The van der Waals surface area contributed by atoms with Gasteiger partial charge < -0.3 is 40.3 Å². The number of amides is 1. The van der Waals surface area contributed by atoms with E-state index in [9.17, 15) is 30.3 Å². The van der Waals surface area contributed by atoms with Crippen LogP contribution in [-0.2, 0) is 14.3 Å². The summed E-state index contributed by atoms with van der Waals surface area (Å²) in [5, 5.41) is 54.7. The van der Waals surface area contributed by atoms with Gasteiger partial charge in [0.15, 0.2) is 6.29 Å². The molecule has 0 aliphatic carbocycles. The van der Waals surface area contributed by atoms with Gasteiger partial charge in [0, 0.05) is 6.42 Å². The van der Waals surface area contributed by atoms with Gasteiger partial charge in [-0.1, -0.05) is 332 Å². The first-order valence-electron chi connectivity index (χ1n) is 36.4. The van der Waals surface area contributed by atoms with E-state index in [4.69, 9.17) is 9.47 Å². The maximum absolute atomic E-state index is 13.1. The number of unbranched alkanes of at least 4 members (excludes halogenated alkanes) is 48. The summed E-state index contributed by atoms with van der Waals surface area (Å²) in [6, 6.07) is -0.829. The number of aliphatic hydroxyl groups excluding tert-OH is 5. The number of hydrogen-bond donors (Lipinski definition) is 6. The molecule has 9 nitrogen and oxygen atoms in total. The molecule has 1 heterocycles. The molecule has 7 atom stereocenters. The van der Waals surface area contributed by atoms with Crippen LogP contribution >= 0.6 is 0 Å². The molecule has 9 heteroatoms. The zero-order valence-corrected chi connectivity index (χ0v) is 54.7. The van der Waals surface area contributed by atoms with Crippen LogP contribution in [0, 0.1) is 0 Å². The molecule has 6 N–H and O–H groups in total. The summed E-state index contributed by atoms with van der Waals surface area (Å²) in [5.74, 6) is -0.184. The summed E-state index contributed by atoms with van der Waals surface area (Å²) >= 11 is 0. The van der Waals surface area contributed by atoms with Crippen LogP contribution in [0.3, 0.4) is 0 Å². The van der Waals surface area contributed by atoms with Crippen LogP contribution in [-0.4, -0.2) is 87.5 Å². The maximum Gasteiger partial charge on any atom is 0.220 e. The summed E-state index contributed by atoms with van der Waals surface area (Å²) in [6.45, 7) is 3.81. The molecule has 488 valence electrons. The van der Waals surface area contributed by atoms with Crippen molar-refractivity contribution in [3.05, 3.63) is 48.6 Å². The van der Waals surface area contributed by atoms with Crippen LogP contribution < -0.4 is 5.32 Å². The van der Waals surface area contributed by atoms with E-state index in [-0.39, 0.29) is 12.5 Å². The van der Waals surface area contributed by atoms with Gasteiger partial charge in [0.05, 0.1) is 25.4 Å². The first kappa shape index (κ1) is 79.2. The molecule has 0 bridgehead atoms. The van der Waals surface area contributed by atoms with Gasteiger partial charge in [-0.15, -0.1) is 0 Å². The summed E-state index contributed by atoms with van der Waals surface area (Å²) in [4.78, 5) is 13.1. The van der Waals surface area contributed by atoms with Crippen LogP contribution in [0.1, 0.15) is 361 Å². The van der Waals surface area contributed by atoms with Gasteiger partial charge in [-0.25, -0.2) is 0 Å². The zero-order valence-electron chi connectivity index (χ0n) is 54.7. The van der Waals surface area contributed by atoms with Gasteiger partial charge in [0.25, 0.3) is 0 Å². The SMILES string of the molecule is CCCCCCCCCC/C=C\CCCCCCCCCCCCCCCCCCCCCCCCCC(=O)NC(COC1OC(CO)C(O)C(O)C1O)C(O)/C=C/CC/C=C/CC/C=C/CCCCCCCCCCCCCCCCC. The van der Waals surface area contributed by atoms with Gasteiger partial charge in [-0.2, -0.15) is 0 Å². The third-order valence-corrected chi connectivity index (χ3v) is 17.4. The molecule has 0 aromatic rings. The monoisotopic (exact) mass is 1170 g/mol. The first-order chi connectivity index (χ1) is 40.8. The summed E-state index contributed by atoms with van der Waals surface area (Å²) in [5.41, 5.74) is 0. The normalized spacial score (nSPS) is 18.5. The molecule has 0 spiro atoms. The molecule has 1 rings (SSSR count). The van der Waals surface area contributed by atoms with Crippen LogP contribution in [0.4, 0.5) is 0 Å². The van der Waals surface area contributed by atoms with E-state index in [1.807, 2.05) is 6.08 Å². The number of carbonyl (C=O) groups is 1. The van der Waals surface area contributed by atoms with Crippen molar-refractivity contribution in [1.82, 2.24) is 5.32 Å². The minimum absolute atomic E-state index is 0.184. The fourth-order valence-electron chi connectivity index (χ4n) is 11.7. The third-order valence-electron chi connectivity index (χ3n) is 17.4. The van der Waals surface area contributed by atoms with Crippen molar-refractivity contribution in [2.45, 2.75) is 403 Å². The largest absolute Gasteiger partial charge is 0.394 e. The van der Waals surface area contributed by atoms with Crippen LogP contribution in [0.2, 0.25) is 0 Å². The van der Waals surface area contributed by atoms with Crippen molar-refractivity contribution in [2.75, 3.05) is 13.2 Å². The van der Waals surface area contributed by atoms with E-state index in [1.165, 1.54) is 295 Å². The van der Waals surface area contributed by atoms with Crippen LogP contribution in [0.5, 0.6) is 0 Å². The van der Waals surface area contributed by atoms with E-state index < -0.39 is 49.5 Å². The lowest BCUT2D eigenvalue weighted by atomic mass is 9.99. The molecule has 1 aliphatic heterocycles. The number of allylic oxidation sites excluding steroid dienone is 7. The van der Waals surface area contributed by atoms with E-state index in [0.29, 0.717) is 6.42 Å². The fourth-order valence-corrected chi connectivity index (χ4v) is 11.7. The van der Waals surface area contributed by atoms with Crippen molar-refractivity contribution >= 4 is 5.91 Å². The van der Waals surface area contributed by atoms with Crippen molar-refractivity contribution in [1.29, 1.82) is 0 Å². The smallest absolute Gasteiger partial charge is 0.220 e. The Kier molecular flexibility index (Phi) is 60.3. The average Bonchev–Trinajstić information content (AvgIpc) is 3.60. The number of ether oxygens (including phenoxy) is 2. The van der Waals surface area contributed by atoms with Gasteiger partial charge in [0.1, 0.15) is 24.4 Å². The molecule has 0 aromatic heterocycles. The Morgan fingerprint density at radius 1 is 0.398 bits per heavy atom. The Hall–Kier alpha value is -1.85. The predicted octanol–water partition coefficient (Wildman–Crippen LogP) is 20.0. The van der Waals surface area contributed by atoms with Gasteiger partial charge in [-0.05, 0) is 70.6 Å². The lowest BCUT2D eigenvalue weighted by Crippen LogP contribution is -2.60. The Balaban J connectivity index is 2.12. The Bertz CT molecular complexity index is 1450. The minimum atomic E-state index is -1.58. The Morgan fingerprint density at radius 2 is 0.687 bits per heavy atom. The second-order valence-corrected chi connectivity index (χ2v) is 25.4. The molecule has 0 aromatic carbocycles. The highest BCUT2D eigenvalue weighted by atomic mass is 16.7. The predicted molar refractivity (Wildman–Crippen MR) is 355 cm³/mol. The topological polar surface area (TPSA) is 149 Å². The van der Waals surface area contributed by atoms with Crippen molar-refractivity contribution in [2.24, 2.45) is 0 Å². The highest BCUT2D eigenvalue weighted by Gasteiger charge is 2.44. The summed E-state index contributed by atoms with van der Waals surface area (Å²) < 4.78 is 11.3. The highest BCUT2D eigenvalue weighted by Crippen LogP contribution is 2.23. The van der Waals surface area contributed by atoms with Gasteiger partial charge >= 0.3 is 0 Å². The molecule has 1 amide bonds. The average molecular weight is 1170 g/mol. The zero-order chi connectivity index (χ0) is 60.0. The van der Waals surface area contributed by atoms with E-state index in [0.717, 1.165) is 44.9 Å². The lowest BCUT2D eigenvalue weighted by Gasteiger charge is -2.40. The molecule has 7 unspecified atom stereocenters. The Labute approximate surface area is 514 Å². The second-order valence-electron chi connectivity index (χ2n) is 25.4. The van der Waals surface area contributed by atoms with Crippen molar-refractivity contribution < 1.29 is 39.8 Å². The number of rotatable bonds is 64. The molecular weight excluding hydrogens is 1030 g/mol. The molecular formula is C74H139NO8. The van der Waals surface area contributed by atoms with Crippen LogP contribution in [0.25, 0.3) is 0 Å². The quantitative estimate of drug-likeness (QED) is 0.0261. The van der Waals surface area contributed by atoms with Gasteiger partial charge in [-0.3, -0.25) is 4.79 Å². The third kappa shape index (κ3) is 51.9. The minimum Gasteiger partial charge on any atom is -0.394 e. The first-order valence-corrected chi connectivity index (χ1v) is 36.4. The highest BCUT2D eigenvalue weighted by molar-refractivity contribution is 5.76. The van der Waals surface area contributed by atoms with Crippen LogP contribution in [0.15, 0.2) is 48.6 Å². The number of nitrogens with one attached hydrogen (secondary N) is 1. The summed E-state index contributed by atoms with van der Waals surface area (Å²) in [6.07, 6.45) is 79.5. The number of aliphatic hydroxyl groups is 5. The Morgan fingerprint density at radius 3 is 1.01 bits per heavy atom. The number of hydrogen-bond acceptors (Lipinski definition) is 8. The molecule has 0 radical (unpaired) electrons. The van der Waals surface area contributed by atoms with Gasteiger partial charge in [0.2, 0.25) is 5.91 Å². The maximum atomic E-state index is 13.1. The number of carbonyl (C=O) groups excluding carboxylic acids is 1. The molecule has 1 aliphatic rings. The van der Waals surface area contributed by atoms with E-state index in [1.54, 1.807) is 6.08 Å². The second kappa shape index (κ2) is 63.2.